The molecular formula is C20H17N5O. The zero-order valence-electron chi connectivity index (χ0n) is 14.5. The highest BCUT2D eigenvalue weighted by molar-refractivity contribution is 6.04. The van der Waals surface area contributed by atoms with Gasteiger partial charge in [0.25, 0.3) is 11.7 Å². The van der Waals surface area contributed by atoms with Gasteiger partial charge in [-0.05, 0) is 55.3 Å². The van der Waals surface area contributed by atoms with E-state index in [-0.39, 0.29) is 5.91 Å². The average molecular weight is 343 g/mol. The van der Waals surface area contributed by atoms with Gasteiger partial charge in [0.2, 0.25) is 0 Å². The van der Waals surface area contributed by atoms with Crippen molar-refractivity contribution in [3.63, 3.8) is 0 Å². The summed E-state index contributed by atoms with van der Waals surface area (Å²) in [7, 11) is 0. The van der Waals surface area contributed by atoms with Crippen molar-refractivity contribution < 1.29 is 4.79 Å². The van der Waals surface area contributed by atoms with E-state index in [1.807, 2.05) is 54.8 Å². The first-order chi connectivity index (χ1) is 12.6. The van der Waals surface area contributed by atoms with E-state index in [1.165, 1.54) is 0 Å². The Bertz CT molecular complexity index is 1080. The van der Waals surface area contributed by atoms with Crippen LogP contribution < -0.4 is 5.32 Å². The molecule has 4 aromatic rings. The molecule has 1 amide bonds. The second-order valence-corrected chi connectivity index (χ2v) is 6.22. The molecule has 2 aromatic carbocycles. The molecule has 0 fully saturated rings. The molecule has 0 aliphatic heterocycles. The van der Waals surface area contributed by atoms with Gasteiger partial charge in [-0.3, -0.25) is 9.20 Å². The molecule has 0 saturated heterocycles. The van der Waals surface area contributed by atoms with Gasteiger partial charge in [-0.1, -0.05) is 18.2 Å². The van der Waals surface area contributed by atoms with E-state index in [0.717, 1.165) is 22.4 Å². The van der Waals surface area contributed by atoms with E-state index >= 15 is 0 Å². The van der Waals surface area contributed by atoms with Gasteiger partial charge in [0.15, 0.2) is 5.82 Å². The van der Waals surface area contributed by atoms with Crippen molar-refractivity contribution >= 4 is 17.4 Å². The van der Waals surface area contributed by atoms with Crippen LogP contribution in [-0.4, -0.2) is 25.5 Å². The Hall–Kier alpha value is -3.54. The van der Waals surface area contributed by atoms with E-state index in [4.69, 9.17) is 0 Å². The lowest BCUT2D eigenvalue weighted by molar-refractivity contribution is 0.102. The van der Waals surface area contributed by atoms with Crippen molar-refractivity contribution in [3.8, 4) is 11.4 Å². The number of carbonyl (C=O) groups excluding carboxylic acids is 1. The summed E-state index contributed by atoms with van der Waals surface area (Å²) in [5, 5.41) is 11.2. The molecule has 0 saturated carbocycles. The largest absolute Gasteiger partial charge is 0.322 e. The van der Waals surface area contributed by atoms with E-state index in [9.17, 15) is 4.79 Å². The normalized spacial score (nSPS) is 10.8. The predicted octanol–water partition coefficient (Wildman–Crippen LogP) is 3.66. The molecular weight excluding hydrogens is 326 g/mol. The maximum absolute atomic E-state index is 12.5. The van der Waals surface area contributed by atoms with Gasteiger partial charge < -0.3 is 5.32 Å². The second kappa shape index (κ2) is 6.40. The number of benzene rings is 2. The number of amides is 1. The SMILES string of the molecule is Cc1cc(C)cc(NC(=O)c2ccc(-c3nnc4ncccn34)cc2)c1. The highest BCUT2D eigenvalue weighted by atomic mass is 16.1. The summed E-state index contributed by atoms with van der Waals surface area (Å²) in [6.07, 6.45) is 3.53. The van der Waals surface area contributed by atoms with E-state index in [2.05, 4.69) is 26.6 Å². The molecule has 0 atom stereocenters. The van der Waals surface area contributed by atoms with Crippen molar-refractivity contribution in [2.45, 2.75) is 13.8 Å². The fraction of sp³-hybridized carbons (Fsp3) is 0.100. The summed E-state index contributed by atoms with van der Waals surface area (Å²) in [6, 6.07) is 15.1. The van der Waals surface area contributed by atoms with Gasteiger partial charge in [-0.2, -0.15) is 0 Å². The Labute approximate surface area is 150 Å². The summed E-state index contributed by atoms with van der Waals surface area (Å²) in [6.45, 7) is 4.02. The third-order valence-corrected chi connectivity index (χ3v) is 4.07. The van der Waals surface area contributed by atoms with Crippen LogP contribution in [0.15, 0.2) is 60.9 Å². The Morgan fingerprint density at radius 3 is 2.46 bits per heavy atom. The number of rotatable bonds is 3. The van der Waals surface area contributed by atoms with Gasteiger partial charge in [-0.15, -0.1) is 10.2 Å². The molecule has 2 aromatic heterocycles. The summed E-state index contributed by atoms with van der Waals surface area (Å²) in [5.74, 6) is 1.09. The van der Waals surface area contributed by atoms with Crippen LogP contribution in [0, 0.1) is 13.8 Å². The Morgan fingerprint density at radius 2 is 1.73 bits per heavy atom. The van der Waals surface area contributed by atoms with Crippen LogP contribution in [0.1, 0.15) is 21.5 Å². The van der Waals surface area contributed by atoms with Crippen LogP contribution in [0.25, 0.3) is 17.2 Å². The average Bonchev–Trinajstić information content (AvgIpc) is 3.05. The zero-order valence-corrected chi connectivity index (χ0v) is 14.5. The molecule has 0 aliphatic rings. The molecule has 0 spiro atoms. The highest BCUT2D eigenvalue weighted by Crippen LogP contribution is 2.19. The zero-order chi connectivity index (χ0) is 18.1. The number of fused-ring (bicyclic) bond motifs is 1. The maximum atomic E-state index is 12.5. The van der Waals surface area contributed by atoms with Crippen LogP contribution >= 0.6 is 0 Å². The lowest BCUT2D eigenvalue weighted by Gasteiger charge is -2.08. The minimum Gasteiger partial charge on any atom is -0.322 e. The fourth-order valence-electron chi connectivity index (χ4n) is 2.96. The smallest absolute Gasteiger partial charge is 0.255 e. The van der Waals surface area contributed by atoms with E-state index < -0.39 is 0 Å². The monoisotopic (exact) mass is 343 g/mol. The standard InChI is InChI=1S/C20H17N5O/c1-13-10-14(2)12-17(11-13)22-19(26)16-6-4-15(5-7-16)18-23-24-20-21-8-3-9-25(18)20/h3-12H,1-2H3,(H,22,26). The van der Waals surface area contributed by atoms with Crippen molar-refractivity contribution in [2.24, 2.45) is 0 Å². The minimum absolute atomic E-state index is 0.144. The first kappa shape index (κ1) is 16.0. The van der Waals surface area contributed by atoms with E-state index in [0.29, 0.717) is 17.2 Å². The Morgan fingerprint density at radius 1 is 1.00 bits per heavy atom. The topological polar surface area (TPSA) is 72.2 Å². The van der Waals surface area contributed by atoms with Gasteiger partial charge in [-0.25, -0.2) is 4.98 Å². The molecule has 4 rings (SSSR count). The number of carbonyl (C=O) groups is 1. The van der Waals surface area contributed by atoms with Crippen molar-refractivity contribution in [2.75, 3.05) is 5.32 Å². The number of nitrogens with one attached hydrogen (secondary N) is 1. The minimum atomic E-state index is -0.144. The molecule has 1 N–H and O–H groups in total. The number of aryl methyl sites for hydroxylation is 2. The Balaban J connectivity index is 1.58. The summed E-state index contributed by atoms with van der Waals surface area (Å²) < 4.78 is 1.81. The van der Waals surface area contributed by atoms with Crippen molar-refractivity contribution in [1.29, 1.82) is 0 Å². The third-order valence-electron chi connectivity index (χ3n) is 4.07. The first-order valence-corrected chi connectivity index (χ1v) is 8.26. The first-order valence-electron chi connectivity index (χ1n) is 8.26. The van der Waals surface area contributed by atoms with Crippen LogP contribution in [0.2, 0.25) is 0 Å². The molecule has 2 heterocycles. The van der Waals surface area contributed by atoms with E-state index in [1.54, 1.807) is 18.3 Å². The predicted molar refractivity (Wildman–Crippen MR) is 100 cm³/mol. The quantitative estimate of drug-likeness (QED) is 0.616. The van der Waals surface area contributed by atoms with Crippen LogP contribution in [0.5, 0.6) is 0 Å². The summed E-state index contributed by atoms with van der Waals surface area (Å²) in [4.78, 5) is 16.7. The Kier molecular flexibility index (Phi) is 3.93. The van der Waals surface area contributed by atoms with Gasteiger partial charge in [0.1, 0.15) is 0 Å². The maximum Gasteiger partial charge on any atom is 0.255 e. The molecule has 0 radical (unpaired) electrons. The molecule has 128 valence electrons. The fourth-order valence-corrected chi connectivity index (χ4v) is 2.96. The molecule has 0 unspecified atom stereocenters. The summed E-state index contributed by atoms with van der Waals surface area (Å²) >= 11 is 0. The lowest BCUT2D eigenvalue weighted by atomic mass is 10.1. The van der Waals surface area contributed by atoms with Crippen LogP contribution in [-0.2, 0) is 0 Å². The number of hydrogen-bond donors (Lipinski definition) is 1. The molecule has 6 nitrogen and oxygen atoms in total. The van der Waals surface area contributed by atoms with Crippen molar-refractivity contribution in [3.05, 3.63) is 77.6 Å². The number of nitrogens with zero attached hydrogens (tertiary/aromatic N) is 4. The molecule has 0 aliphatic carbocycles. The molecule has 6 heteroatoms. The van der Waals surface area contributed by atoms with Gasteiger partial charge >= 0.3 is 0 Å². The summed E-state index contributed by atoms with van der Waals surface area (Å²) in [5.41, 5.74) is 4.48. The number of aromatic nitrogens is 4. The second-order valence-electron chi connectivity index (χ2n) is 6.22. The molecule has 0 bridgehead atoms. The lowest BCUT2D eigenvalue weighted by Crippen LogP contribution is -2.12. The van der Waals surface area contributed by atoms with Gasteiger partial charge in [0, 0.05) is 29.2 Å². The third kappa shape index (κ3) is 3.04. The van der Waals surface area contributed by atoms with Crippen molar-refractivity contribution in [1.82, 2.24) is 19.6 Å². The number of anilines is 1. The highest BCUT2D eigenvalue weighted by Gasteiger charge is 2.11. The molecule has 26 heavy (non-hydrogen) atoms. The van der Waals surface area contributed by atoms with Crippen LogP contribution in [0.3, 0.4) is 0 Å². The van der Waals surface area contributed by atoms with Gasteiger partial charge in [0.05, 0.1) is 0 Å². The van der Waals surface area contributed by atoms with Crippen LogP contribution in [0.4, 0.5) is 5.69 Å². The number of hydrogen-bond acceptors (Lipinski definition) is 4.